The average Bonchev–Trinajstić information content (AvgIpc) is 2.81. The quantitative estimate of drug-likeness (QED) is 0.893. The van der Waals surface area contributed by atoms with Gasteiger partial charge in [0.25, 0.3) is 0 Å². The van der Waals surface area contributed by atoms with E-state index in [1.165, 1.54) is 24.8 Å². The predicted molar refractivity (Wildman–Crippen MR) is 80.9 cm³/mol. The van der Waals surface area contributed by atoms with Crippen molar-refractivity contribution in [3.05, 3.63) is 22.2 Å². The summed E-state index contributed by atoms with van der Waals surface area (Å²) >= 11 is 3.53. The maximum absolute atomic E-state index is 5.37. The third-order valence-electron chi connectivity index (χ3n) is 3.92. The molecule has 106 valence electrons. The standard InChI is InChI=1S/C15H22BrNO2/c1-10-5-4-6-13(10)17-9-11-7-12(16)15(19-3)14(8-11)18-2/h7-8,10,13,17H,4-6,9H2,1-3H3. The Morgan fingerprint density at radius 2 is 2.05 bits per heavy atom. The first-order valence-corrected chi connectivity index (χ1v) is 7.58. The summed E-state index contributed by atoms with van der Waals surface area (Å²) in [5.41, 5.74) is 1.21. The zero-order valence-electron chi connectivity index (χ0n) is 11.8. The lowest BCUT2D eigenvalue weighted by molar-refractivity contribution is 0.352. The lowest BCUT2D eigenvalue weighted by atomic mass is 10.1. The highest BCUT2D eigenvalue weighted by atomic mass is 79.9. The van der Waals surface area contributed by atoms with Gasteiger partial charge >= 0.3 is 0 Å². The third kappa shape index (κ3) is 3.42. The van der Waals surface area contributed by atoms with Gasteiger partial charge in [0.15, 0.2) is 11.5 Å². The van der Waals surface area contributed by atoms with Gasteiger partial charge in [0.1, 0.15) is 0 Å². The normalized spacial score (nSPS) is 22.5. The largest absolute Gasteiger partial charge is 0.493 e. The molecular weight excluding hydrogens is 306 g/mol. The van der Waals surface area contributed by atoms with Crippen molar-refractivity contribution in [3.8, 4) is 11.5 Å². The molecule has 1 aliphatic carbocycles. The Kier molecular flexibility index (Phi) is 5.11. The first-order valence-electron chi connectivity index (χ1n) is 6.79. The molecule has 1 fully saturated rings. The molecule has 0 spiro atoms. The molecule has 19 heavy (non-hydrogen) atoms. The Morgan fingerprint density at radius 1 is 1.26 bits per heavy atom. The first kappa shape index (κ1) is 14.7. The van der Waals surface area contributed by atoms with Crippen LogP contribution in [0.4, 0.5) is 0 Å². The molecule has 1 aromatic carbocycles. The summed E-state index contributed by atoms with van der Waals surface area (Å²) in [6.45, 7) is 3.20. The van der Waals surface area contributed by atoms with Gasteiger partial charge in [-0.25, -0.2) is 0 Å². The van der Waals surface area contributed by atoms with Crippen molar-refractivity contribution in [2.24, 2.45) is 5.92 Å². The molecule has 2 atom stereocenters. The number of halogens is 1. The first-order chi connectivity index (χ1) is 9.15. The van der Waals surface area contributed by atoms with Crippen molar-refractivity contribution in [2.75, 3.05) is 14.2 Å². The maximum atomic E-state index is 5.37. The van der Waals surface area contributed by atoms with Crippen LogP contribution in [0.1, 0.15) is 31.7 Å². The van der Waals surface area contributed by atoms with Crippen molar-refractivity contribution in [1.82, 2.24) is 5.32 Å². The van der Waals surface area contributed by atoms with Crippen LogP contribution in [0.25, 0.3) is 0 Å². The van der Waals surface area contributed by atoms with E-state index in [0.29, 0.717) is 6.04 Å². The number of rotatable bonds is 5. The Hall–Kier alpha value is -0.740. The highest BCUT2D eigenvalue weighted by molar-refractivity contribution is 9.10. The number of hydrogen-bond acceptors (Lipinski definition) is 3. The van der Waals surface area contributed by atoms with Crippen LogP contribution >= 0.6 is 15.9 Å². The second kappa shape index (κ2) is 6.62. The molecule has 1 saturated carbocycles. The molecule has 2 rings (SSSR count). The Bertz CT molecular complexity index is 436. The van der Waals surface area contributed by atoms with Gasteiger partial charge in [0, 0.05) is 12.6 Å². The summed E-state index contributed by atoms with van der Waals surface area (Å²) in [7, 11) is 3.32. The topological polar surface area (TPSA) is 30.5 Å². The van der Waals surface area contributed by atoms with Gasteiger partial charge in [0.2, 0.25) is 0 Å². The van der Waals surface area contributed by atoms with E-state index < -0.39 is 0 Å². The van der Waals surface area contributed by atoms with E-state index in [1.807, 2.05) is 6.07 Å². The van der Waals surface area contributed by atoms with E-state index in [0.717, 1.165) is 28.4 Å². The zero-order valence-corrected chi connectivity index (χ0v) is 13.4. The van der Waals surface area contributed by atoms with Gasteiger partial charge in [-0.05, 0) is 52.4 Å². The summed E-state index contributed by atoms with van der Waals surface area (Å²) in [5, 5.41) is 3.65. The van der Waals surface area contributed by atoms with E-state index in [2.05, 4.69) is 34.2 Å². The lowest BCUT2D eigenvalue weighted by Crippen LogP contribution is -2.30. The molecule has 1 aliphatic rings. The van der Waals surface area contributed by atoms with E-state index >= 15 is 0 Å². The molecular formula is C15H22BrNO2. The molecule has 1 N–H and O–H groups in total. The van der Waals surface area contributed by atoms with Crippen molar-refractivity contribution in [2.45, 2.75) is 38.8 Å². The number of methoxy groups -OCH3 is 2. The highest BCUT2D eigenvalue weighted by Gasteiger charge is 2.22. The van der Waals surface area contributed by atoms with Crippen LogP contribution in [-0.4, -0.2) is 20.3 Å². The van der Waals surface area contributed by atoms with Crippen LogP contribution in [0.15, 0.2) is 16.6 Å². The minimum atomic E-state index is 0.645. The fraction of sp³-hybridized carbons (Fsp3) is 0.600. The lowest BCUT2D eigenvalue weighted by Gasteiger charge is -2.18. The SMILES string of the molecule is COc1cc(CNC2CCCC2C)cc(Br)c1OC. The van der Waals surface area contributed by atoms with Crippen molar-refractivity contribution in [3.63, 3.8) is 0 Å². The molecule has 0 saturated heterocycles. The van der Waals surface area contributed by atoms with Gasteiger partial charge < -0.3 is 14.8 Å². The Morgan fingerprint density at radius 3 is 2.63 bits per heavy atom. The Balaban J connectivity index is 2.06. The minimum Gasteiger partial charge on any atom is -0.493 e. The molecule has 1 aromatic rings. The van der Waals surface area contributed by atoms with Gasteiger partial charge in [-0.3, -0.25) is 0 Å². The van der Waals surface area contributed by atoms with E-state index in [-0.39, 0.29) is 0 Å². The van der Waals surface area contributed by atoms with Crippen LogP contribution in [0.3, 0.4) is 0 Å². The molecule has 0 amide bonds. The van der Waals surface area contributed by atoms with Gasteiger partial charge in [-0.2, -0.15) is 0 Å². The van der Waals surface area contributed by atoms with Crippen molar-refractivity contribution in [1.29, 1.82) is 0 Å². The fourth-order valence-corrected chi connectivity index (χ4v) is 3.42. The zero-order chi connectivity index (χ0) is 13.8. The summed E-state index contributed by atoms with van der Waals surface area (Å²) in [6, 6.07) is 4.77. The van der Waals surface area contributed by atoms with Crippen molar-refractivity contribution >= 4 is 15.9 Å². The molecule has 0 heterocycles. The van der Waals surface area contributed by atoms with Crippen molar-refractivity contribution < 1.29 is 9.47 Å². The smallest absolute Gasteiger partial charge is 0.174 e. The van der Waals surface area contributed by atoms with Gasteiger partial charge in [-0.1, -0.05) is 13.3 Å². The minimum absolute atomic E-state index is 0.645. The molecule has 0 aliphatic heterocycles. The van der Waals surface area contributed by atoms with Gasteiger partial charge in [0.05, 0.1) is 18.7 Å². The number of hydrogen-bond donors (Lipinski definition) is 1. The molecule has 3 nitrogen and oxygen atoms in total. The molecule has 0 radical (unpaired) electrons. The second-order valence-corrected chi connectivity index (χ2v) is 6.06. The fourth-order valence-electron chi connectivity index (χ4n) is 2.77. The van der Waals surface area contributed by atoms with Crippen LogP contribution < -0.4 is 14.8 Å². The van der Waals surface area contributed by atoms with Crippen LogP contribution in [0.5, 0.6) is 11.5 Å². The van der Waals surface area contributed by atoms with Gasteiger partial charge in [-0.15, -0.1) is 0 Å². The van der Waals surface area contributed by atoms with E-state index in [1.54, 1.807) is 14.2 Å². The summed E-state index contributed by atoms with van der Waals surface area (Å²) in [6.07, 6.45) is 3.97. The van der Waals surface area contributed by atoms with Crippen LogP contribution in [0.2, 0.25) is 0 Å². The van der Waals surface area contributed by atoms with E-state index in [4.69, 9.17) is 9.47 Å². The summed E-state index contributed by atoms with van der Waals surface area (Å²) in [5.74, 6) is 2.30. The summed E-state index contributed by atoms with van der Waals surface area (Å²) in [4.78, 5) is 0. The maximum Gasteiger partial charge on any atom is 0.174 e. The number of benzene rings is 1. The number of ether oxygens (including phenoxy) is 2. The van der Waals surface area contributed by atoms with Crippen LogP contribution in [0, 0.1) is 5.92 Å². The second-order valence-electron chi connectivity index (χ2n) is 5.21. The molecule has 0 bridgehead atoms. The predicted octanol–water partition coefficient (Wildman–Crippen LogP) is 3.74. The third-order valence-corrected chi connectivity index (χ3v) is 4.51. The van der Waals surface area contributed by atoms with E-state index in [9.17, 15) is 0 Å². The number of nitrogens with one attached hydrogen (secondary N) is 1. The molecule has 2 unspecified atom stereocenters. The highest BCUT2D eigenvalue weighted by Crippen LogP contribution is 2.36. The Labute approximate surface area is 123 Å². The molecule has 0 aromatic heterocycles. The molecule has 4 heteroatoms. The average molecular weight is 328 g/mol. The monoisotopic (exact) mass is 327 g/mol. The summed E-state index contributed by atoms with van der Waals surface area (Å²) < 4.78 is 11.6. The van der Waals surface area contributed by atoms with Crippen LogP contribution in [-0.2, 0) is 6.54 Å².